The van der Waals surface area contributed by atoms with Crippen molar-refractivity contribution in [3.8, 4) is 0 Å². The van der Waals surface area contributed by atoms with E-state index >= 15 is 0 Å². The van der Waals surface area contributed by atoms with Gasteiger partial charge in [0.05, 0.1) is 0 Å². The number of anilines is 2. The molecular formula is C15H20N2O. The molecular weight excluding hydrogens is 224 g/mol. The summed E-state index contributed by atoms with van der Waals surface area (Å²) in [5.74, 6) is 1.11. The van der Waals surface area contributed by atoms with Crippen LogP contribution in [0.25, 0.3) is 0 Å². The highest BCUT2D eigenvalue weighted by molar-refractivity contribution is 5.95. The van der Waals surface area contributed by atoms with E-state index in [0.29, 0.717) is 12.5 Å². The third-order valence-corrected chi connectivity index (χ3v) is 3.98. The number of nitrogens with one attached hydrogen (secondary N) is 1. The molecule has 3 rings (SSSR count). The van der Waals surface area contributed by atoms with Gasteiger partial charge in [0.25, 0.3) is 0 Å². The van der Waals surface area contributed by atoms with Gasteiger partial charge in [-0.2, -0.15) is 0 Å². The lowest BCUT2D eigenvalue weighted by atomic mass is 9.82. The highest BCUT2D eigenvalue weighted by Gasteiger charge is 2.25. The first-order chi connectivity index (χ1) is 8.72. The van der Waals surface area contributed by atoms with Gasteiger partial charge in [0, 0.05) is 30.4 Å². The summed E-state index contributed by atoms with van der Waals surface area (Å²) in [6, 6.07) is 8.87. The van der Waals surface area contributed by atoms with Crippen LogP contribution in [0.5, 0.6) is 0 Å². The van der Waals surface area contributed by atoms with Gasteiger partial charge in [-0.1, -0.05) is 13.0 Å². The molecule has 1 N–H and O–H groups in total. The second-order valence-electron chi connectivity index (χ2n) is 5.62. The molecule has 1 aliphatic heterocycles. The van der Waals surface area contributed by atoms with Crippen molar-refractivity contribution in [1.82, 2.24) is 0 Å². The smallest absolute Gasteiger partial charge is 0.227 e. The monoisotopic (exact) mass is 244 g/mol. The summed E-state index contributed by atoms with van der Waals surface area (Å²) >= 11 is 0. The molecule has 0 aromatic heterocycles. The molecule has 2 aliphatic rings. The maximum atomic E-state index is 11.7. The quantitative estimate of drug-likeness (QED) is 0.886. The normalized spacial score (nSPS) is 27.2. The molecule has 1 saturated carbocycles. The summed E-state index contributed by atoms with van der Waals surface area (Å²) in [5, 5.41) is 3.55. The molecule has 1 saturated heterocycles. The molecule has 0 atom stereocenters. The predicted molar refractivity (Wildman–Crippen MR) is 73.8 cm³/mol. The Morgan fingerprint density at radius 2 is 2.17 bits per heavy atom. The molecule has 0 unspecified atom stereocenters. The van der Waals surface area contributed by atoms with Crippen molar-refractivity contribution in [2.24, 2.45) is 5.92 Å². The Hall–Kier alpha value is -1.51. The zero-order valence-corrected chi connectivity index (χ0v) is 10.9. The molecule has 1 aliphatic carbocycles. The molecule has 3 nitrogen and oxygen atoms in total. The van der Waals surface area contributed by atoms with E-state index < -0.39 is 0 Å². The minimum absolute atomic E-state index is 0.254. The molecule has 0 bridgehead atoms. The van der Waals surface area contributed by atoms with Crippen molar-refractivity contribution in [2.45, 2.75) is 38.6 Å². The lowest BCUT2D eigenvalue weighted by Crippen LogP contribution is -2.33. The highest BCUT2D eigenvalue weighted by Crippen LogP contribution is 2.31. The summed E-state index contributed by atoms with van der Waals surface area (Å²) in [6.45, 7) is 3.15. The number of nitrogens with zero attached hydrogens (tertiary/aromatic N) is 1. The fourth-order valence-electron chi connectivity index (χ4n) is 2.94. The van der Waals surface area contributed by atoms with Crippen LogP contribution >= 0.6 is 0 Å². The van der Waals surface area contributed by atoms with E-state index in [0.717, 1.165) is 30.3 Å². The lowest BCUT2D eigenvalue weighted by Gasteiger charge is -2.34. The predicted octanol–water partition coefficient (Wildman–Crippen LogP) is 3.02. The number of benzene rings is 1. The standard InChI is InChI=1S/C15H20N2O/c1-11-8-13(9-11)16-12-4-2-5-14(10-12)17-7-3-6-15(17)18/h2,4-5,10-11,13,16H,3,6-9H2,1H3. The molecule has 96 valence electrons. The average molecular weight is 244 g/mol. The Balaban J connectivity index is 1.70. The number of hydrogen-bond acceptors (Lipinski definition) is 2. The summed E-state index contributed by atoms with van der Waals surface area (Å²) < 4.78 is 0. The second-order valence-corrected chi connectivity index (χ2v) is 5.62. The fourth-order valence-corrected chi connectivity index (χ4v) is 2.94. The van der Waals surface area contributed by atoms with Crippen LogP contribution in [0.4, 0.5) is 11.4 Å². The average Bonchev–Trinajstić information content (AvgIpc) is 2.74. The third-order valence-electron chi connectivity index (χ3n) is 3.98. The van der Waals surface area contributed by atoms with Crippen molar-refractivity contribution >= 4 is 17.3 Å². The zero-order valence-electron chi connectivity index (χ0n) is 10.9. The fraction of sp³-hybridized carbons (Fsp3) is 0.533. The van der Waals surface area contributed by atoms with Crippen molar-refractivity contribution in [3.63, 3.8) is 0 Å². The van der Waals surface area contributed by atoms with Gasteiger partial charge >= 0.3 is 0 Å². The Bertz CT molecular complexity index is 452. The van der Waals surface area contributed by atoms with E-state index in [1.807, 2.05) is 17.0 Å². The van der Waals surface area contributed by atoms with Gasteiger partial charge in [0.2, 0.25) is 5.91 Å². The van der Waals surface area contributed by atoms with E-state index in [-0.39, 0.29) is 5.91 Å². The third kappa shape index (κ3) is 2.22. The van der Waals surface area contributed by atoms with Crippen molar-refractivity contribution in [3.05, 3.63) is 24.3 Å². The molecule has 1 heterocycles. The van der Waals surface area contributed by atoms with Crippen molar-refractivity contribution in [2.75, 3.05) is 16.8 Å². The van der Waals surface area contributed by atoms with Gasteiger partial charge in [-0.15, -0.1) is 0 Å². The van der Waals surface area contributed by atoms with Crippen LogP contribution in [0.15, 0.2) is 24.3 Å². The molecule has 0 radical (unpaired) electrons. The SMILES string of the molecule is CC1CC(Nc2cccc(N3CCCC3=O)c2)C1. The Labute approximate surface area is 108 Å². The topological polar surface area (TPSA) is 32.3 Å². The first-order valence-corrected chi connectivity index (χ1v) is 6.89. The summed E-state index contributed by atoms with van der Waals surface area (Å²) in [4.78, 5) is 13.6. The van der Waals surface area contributed by atoms with E-state index in [2.05, 4.69) is 24.4 Å². The molecule has 18 heavy (non-hydrogen) atoms. The minimum atomic E-state index is 0.254. The van der Waals surface area contributed by atoms with Gasteiger partial charge in [-0.3, -0.25) is 4.79 Å². The van der Waals surface area contributed by atoms with Gasteiger partial charge < -0.3 is 10.2 Å². The highest BCUT2D eigenvalue weighted by atomic mass is 16.2. The Morgan fingerprint density at radius 1 is 1.33 bits per heavy atom. The van der Waals surface area contributed by atoms with Gasteiger partial charge in [0.15, 0.2) is 0 Å². The van der Waals surface area contributed by atoms with Crippen molar-refractivity contribution in [1.29, 1.82) is 0 Å². The largest absolute Gasteiger partial charge is 0.382 e. The van der Waals surface area contributed by atoms with Gasteiger partial charge in [0.1, 0.15) is 0 Å². The summed E-state index contributed by atoms with van der Waals surface area (Å²) in [5.41, 5.74) is 2.18. The Kier molecular flexibility index (Phi) is 2.98. The van der Waals surface area contributed by atoms with E-state index in [9.17, 15) is 4.79 Å². The lowest BCUT2D eigenvalue weighted by molar-refractivity contribution is -0.117. The Morgan fingerprint density at radius 3 is 2.83 bits per heavy atom. The molecule has 2 fully saturated rings. The van der Waals surface area contributed by atoms with E-state index in [1.54, 1.807) is 0 Å². The van der Waals surface area contributed by atoms with Crippen LogP contribution in [0.2, 0.25) is 0 Å². The minimum Gasteiger partial charge on any atom is -0.382 e. The van der Waals surface area contributed by atoms with E-state index in [4.69, 9.17) is 0 Å². The molecule has 3 heteroatoms. The molecule has 1 aromatic rings. The van der Waals surface area contributed by atoms with Gasteiger partial charge in [-0.25, -0.2) is 0 Å². The molecule has 0 spiro atoms. The number of amides is 1. The maximum Gasteiger partial charge on any atom is 0.227 e. The number of carbonyl (C=O) groups is 1. The first kappa shape index (κ1) is 11.6. The van der Waals surface area contributed by atoms with Crippen LogP contribution in [0.3, 0.4) is 0 Å². The van der Waals surface area contributed by atoms with Crippen LogP contribution in [-0.2, 0) is 4.79 Å². The van der Waals surface area contributed by atoms with Gasteiger partial charge in [-0.05, 0) is 43.4 Å². The van der Waals surface area contributed by atoms with E-state index in [1.165, 1.54) is 12.8 Å². The number of carbonyl (C=O) groups excluding carboxylic acids is 1. The summed E-state index contributed by atoms with van der Waals surface area (Å²) in [6.07, 6.45) is 4.19. The molecule has 1 aromatic carbocycles. The zero-order chi connectivity index (χ0) is 12.5. The van der Waals surface area contributed by atoms with Crippen LogP contribution in [0, 0.1) is 5.92 Å². The second kappa shape index (κ2) is 4.63. The van der Waals surface area contributed by atoms with Crippen molar-refractivity contribution < 1.29 is 4.79 Å². The van der Waals surface area contributed by atoms with Crippen LogP contribution in [0.1, 0.15) is 32.6 Å². The number of rotatable bonds is 3. The molecule has 1 amide bonds. The summed E-state index contributed by atoms with van der Waals surface area (Å²) in [7, 11) is 0. The first-order valence-electron chi connectivity index (χ1n) is 6.89. The van der Waals surface area contributed by atoms with Crippen LogP contribution < -0.4 is 10.2 Å². The van der Waals surface area contributed by atoms with Crippen LogP contribution in [-0.4, -0.2) is 18.5 Å². The maximum absolute atomic E-state index is 11.7. The number of hydrogen-bond donors (Lipinski definition) is 1.